The lowest BCUT2D eigenvalue weighted by molar-refractivity contribution is 0.0224. The molecule has 6 heteroatoms. The molecule has 1 aromatic heterocycles. The van der Waals surface area contributed by atoms with Crippen LogP contribution in [0.5, 0.6) is 0 Å². The lowest BCUT2D eigenvalue weighted by Crippen LogP contribution is -2.39. The highest BCUT2D eigenvalue weighted by molar-refractivity contribution is 5.69. The molecule has 0 unspecified atom stereocenters. The van der Waals surface area contributed by atoms with E-state index in [1.54, 1.807) is 4.90 Å². The Kier molecular flexibility index (Phi) is 3.11. The van der Waals surface area contributed by atoms with Crippen molar-refractivity contribution in [1.82, 2.24) is 10.1 Å². The third-order valence-electron chi connectivity index (χ3n) is 3.40. The lowest BCUT2D eigenvalue weighted by Gasteiger charge is -2.29. The number of amides is 1. The largest absolute Gasteiger partial charge is 0.444 e. The molecule has 2 aliphatic rings. The van der Waals surface area contributed by atoms with Crippen LogP contribution in [0.25, 0.3) is 0 Å². The van der Waals surface area contributed by atoms with E-state index in [4.69, 9.17) is 9.26 Å². The van der Waals surface area contributed by atoms with Gasteiger partial charge in [0.1, 0.15) is 5.60 Å². The van der Waals surface area contributed by atoms with Crippen LogP contribution in [0.15, 0.2) is 4.52 Å². The molecule has 20 heavy (non-hydrogen) atoms. The Morgan fingerprint density at radius 1 is 1.45 bits per heavy atom. The van der Waals surface area contributed by atoms with Crippen molar-refractivity contribution in [3.8, 4) is 0 Å². The van der Waals surface area contributed by atoms with E-state index in [2.05, 4.69) is 10.5 Å². The predicted octanol–water partition coefficient (Wildman–Crippen LogP) is 2.54. The molecule has 1 aliphatic carbocycles. The number of ether oxygens (including phenoxy) is 1. The Morgan fingerprint density at radius 2 is 2.20 bits per heavy atom. The van der Waals surface area contributed by atoms with Crippen LogP contribution >= 0.6 is 0 Å². The van der Waals surface area contributed by atoms with Crippen LogP contribution in [0.1, 0.15) is 44.9 Å². The number of aromatic nitrogens is 1. The number of fused-ring (bicyclic) bond motifs is 1. The minimum Gasteiger partial charge on any atom is -0.444 e. The smallest absolute Gasteiger partial charge is 0.410 e. The van der Waals surface area contributed by atoms with Gasteiger partial charge in [0.05, 0.1) is 17.8 Å². The molecule has 1 aliphatic heterocycles. The molecule has 1 aromatic rings. The monoisotopic (exact) mass is 279 g/mol. The standard InChI is InChI=1S/C14H21N3O3/c1-14(2,3)19-13(18)17-7-6-11-10(8-17)12(20-16-11)15-9-4-5-9/h9,15H,4-8H2,1-3H3. The van der Waals surface area contributed by atoms with Crippen LogP contribution in [0, 0.1) is 0 Å². The van der Waals surface area contributed by atoms with Crippen LogP contribution in [-0.2, 0) is 17.7 Å². The summed E-state index contributed by atoms with van der Waals surface area (Å²) in [7, 11) is 0. The van der Waals surface area contributed by atoms with Crippen molar-refractivity contribution in [3.63, 3.8) is 0 Å². The van der Waals surface area contributed by atoms with Crippen molar-refractivity contribution in [2.24, 2.45) is 0 Å². The number of nitrogens with one attached hydrogen (secondary N) is 1. The van der Waals surface area contributed by atoms with Crippen LogP contribution in [0.3, 0.4) is 0 Å². The summed E-state index contributed by atoms with van der Waals surface area (Å²) < 4.78 is 10.8. The van der Waals surface area contributed by atoms with Gasteiger partial charge in [0.2, 0.25) is 5.88 Å². The number of rotatable bonds is 2. The van der Waals surface area contributed by atoms with Gasteiger partial charge in [-0.1, -0.05) is 5.16 Å². The van der Waals surface area contributed by atoms with Crippen LogP contribution in [0.4, 0.5) is 10.7 Å². The molecule has 1 N–H and O–H groups in total. The Labute approximate surface area is 118 Å². The Balaban J connectivity index is 1.70. The Bertz CT molecular complexity index is 514. The first-order valence-electron chi connectivity index (χ1n) is 7.14. The molecule has 1 saturated carbocycles. The summed E-state index contributed by atoms with van der Waals surface area (Å²) in [5, 5.41) is 7.41. The molecule has 3 rings (SSSR count). The molecular weight excluding hydrogens is 258 g/mol. The highest BCUT2D eigenvalue weighted by Crippen LogP contribution is 2.31. The van der Waals surface area contributed by atoms with Gasteiger partial charge in [0.25, 0.3) is 0 Å². The highest BCUT2D eigenvalue weighted by Gasteiger charge is 2.31. The SMILES string of the molecule is CC(C)(C)OC(=O)N1CCc2noc(NC3CC3)c2C1. The molecule has 1 amide bonds. The molecule has 0 spiro atoms. The number of carbonyl (C=O) groups is 1. The third kappa shape index (κ3) is 2.89. The van der Waals surface area contributed by atoms with Gasteiger partial charge >= 0.3 is 6.09 Å². The first-order valence-corrected chi connectivity index (χ1v) is 7.14. The van der Waals surface area contributed by atoms with Crippen molar-refractivity contribution in [2.45, 2.75) is 58.2 Å². The van der Waals surface area contributed by atoms with E-state index in [-0.39, 0.29) is 6.09 Å². The average Bonchev–Trinajstić information content (AvgIpc) is 3.07. The fraction of sp³-hybridized carbons (Fsp3) is 0.714. The maximum Gasteiger partial charge on any atom is 0.410 e. The van der Waals surface area contributed by atoms with Crippen molar-refractivity contribution >= 4 is 12.0 Å². The van der Waals surface area contributed by atoms with Crippen molar-refractivity contribution in [1.29, 1.82) is 0 Å². The first kappa shape index (κ1) is 13.3. The van der Waals surface area contributed by atoms with Gasteiger partial charge < -0.3 is 19.5 Å². The zero-order valence-electron chi connectivity index (χ0n) is 12.2. The van der Waals surface area contributed by atoms with E-state index in [1.165, 1.54) is 12.8 Å². The molecule has 0 bridgehead atoms. The third-order valence-corrected chi connectivity index (χ3v) is 3.40. The molecule has 0 aromatic carbocycles. The van der Waals surface area contributed by atoms with Gasteiger partial charge in [-0.3, -0.25) is 0 Å². The quantitative estimate of drug-likeness (QED) is 0.901. The first-order chi connectivity index (χ1) is 9.42. The predicted molar refractivity (Wildman–Crippen MR) is 73.5 cm³/mol. The van der Waals surface area contributed by atoms with Gasteiger partial charge in [-0.05, 0) is 33.6 Å². The lowest BCUT2D eigenvalue weighted by atomic mass is 10.1. The number of carbonyl (C=O) groups excluding carboxylic acids is 1. The summed E-state index contributed by atoms with van der Waals surface area (Å²) >= 11 is 0. The molecule has 6 nitrogen and oxygen atoms in total. The second kappa shape index (κ2) is 4.68. The molecule has 0 radical (unpaired) electrons. The molecule has 1 fully saturated rings. The van der Waals surface area contributed by atoms with Crippen molar-refractivity contribution < 1.29 is 14.1 Å². The van der Waals surface area contributed by atoms with Crippen LogP contribution in [-0.4, -0.2) is 34.3 Å². The normalized spacial score (nSPS) is 18.6. The van der Waals surface area contributed by atoms with E-state index < -0.39 is 5.60 Å². The highest BCUT2D eigenvalue weighted by atomic mass is 16.6. The number of hydrogen-bond donors (Lipinski definition) is 1. The van der Waals surface area contributed by atoms with Gasteiger partial charge in [-0.15, -0.1) is 0 Å². The van der Waals surface area contributed by atoms with Gasteiger partial charge in [0, 0.05) is 19.0 Å². The fourth-order valence-electron chi connectivity index (χ4n) is 2.22. The summed E-state index contributed by atoms with van der Waals surface area (Å²) in [6.45, 7) is 6.75. The van der Waals surface area contributed by atoms with E-state index in [1.807, 2.05) is 20.8 Å². The summed E-state index contributed by atoms with van der Waals surface area (Å²) in [6.07, 6.45) is 2.78. The maximum absolute atomic E-state index is 12.1. The Hall–Kier alpha value is -1.72. The maximum atomic E-state index is 12.1. The zero-order valence-corrected chi connectivity index (χ0v) is 12.2. The summed E-state index contributed by atoms with van der Waals surface area (Å²) in [5.41, 5.74) is 1.48. The fourth-order valence-corrected chi connectivity index (χ4v) is 2.22. The summed E-state index contributed by atoms with van der Waals surface area (Å²) in [5.74, 6) is 0.718. The van der Waals surface area contributed by atoms with E-state index >= 15 is 0 Å². The molecule has 110 valence electrons. The van der Waals surface area contributed by atoms with Crippen molar-refractivity contribution in [2.75, 3.05) is 11.9 Å². The minimum absolute atomic E-state index is 0.276. The van der Waals surface area contributed by atoms with Crippen molar-refractivity contribution in [3.05, 3.63) is 11.3 Å². The second-order valence-corrected chi connectivity index (χ2v) is 6.51. The van der Waals surface area contributed by atoms with Gasteiger partial charge in [-0.2, -0.15) is 0 Å². The second-order valence-electron chi connectivity index (χ2n) is 6.51. The van der Waals surface area contributed by atoms with Crippen LogP contribution in [0.2, 0.25) is 0 Å². The Morgan fingerprint density at radius 3 is 2.85 bits per heavy atom. The zero-order chi connectivity index (χ0) is 14.3. The molecule has 0 saturated heterocycles. The number of hydrogen-bond acceptors (Lipinski definition) is 5. The topological polar surface area (TPSA) is 67.6 Å². The molecular formula is C14H21N3O3. The van der Waals surface area contributed by atoms with E-state index in [0.29, 0.717) is 25.6 Å². The minimum atomic E-state index is -0.471. The van der Waals surface area contributed by atoms with Gasteiger partial charge in [0.15, 0.2) is 0 Å². The van der Waals surface area contributed by atoms with E-state index in [0.717, 1.165) is 17.1 Å². The van der Waals surface area contributed by atoms with E-state index in [9.17, 15) is 4.79 Å². The number of nitrogens with zero attached hydrogens (tertiary/aromatic N) is 2. The number of anilines is 1. The summed E-state index contributed by atoms with van der Waals surface area (Å²) in [6, 6.07) is 0.504. The average molecular weight is 279 g/mol. The molecule has 0 atom stereocenters. The van der Waals surface area contributed by atoms with Gasteiger partial charge in [-0.25, -0.2) is 4.79 Å². The van der Waals surface area contributed by atoms with Crippen LogP contribution < -0.4 is 5.32 Å². The summed E-state index contributed by atoms with van der Waals surface area (Å²) in [4.78, 5) is 13.8. The molecule has 2 heterocycles.